The van der Waals surface area contributed by atoms with Crippen LogP contribution in [0.25, 0.3) is 0 Å². The Labute approximate surface area is 144 Å². The number of carbonyl (C=O) groups excluding carboxylic acids is 2. The SMILES string of the molecule is CCNC(=O)CN1CCN(C(=O)NCCCc2ccccc2)CC1. The van der Waals surface area contributed by atoms with Crippen LogP contribution in [0.15, 0.2) is 30.3 Å². The van der Waals surface area contributed by atoms with Crippen molar-refractivity contribution >= 4 is 11.9 Å². The summed E-state index contributed by atoms with van der Waals surface area (Å²) in [7, 11) is 0. The molecule has 0 unspecified atom stereocenters. The molecule has 0 saturated carbocycles. The maximum Gasteiger partial charge on any atom is 0.317 e. The Morgan fingerprint density at radius 2 is 1.75 bits per heavy atom. The lowest BCUT2D eigenvalue weighted by molar-refractivity contribution is -0.122. The van der Waals surface area contributed by atoms with Crippen LogP contribution in [0.1, 0.15) is 18.9 Å². The molecule has 0 bridgehead atoms. The molecule has 1 aromatic rings. The zero-order valence-electron chi connectivity index (χ0n) is 14.5. The molecule has 1 aromatic carbocycles. The number of carbonyl (C=O) groups is 2. The molecule has 1 saturated heterocycles. The third kappa shape index (κ3) is 6.20. The molecular formula is C18H28N4O2. The number of likely N-dealkylation sites (N-methyl/N-ethyl adjacent to an activating group) is 1. The largest absolute Gasteiger partial charge is 0.355 e. The highest BCUT2D eigenvalue weighted by Gasteiger charge is 2.21. The summed E-state index contributed by atoms with van der Waals surface area (Å²) >= 11 is 0. The fraction of sp³-hybridized carbons (Fsp3) is 0.556. The molecule has 1 aliphatic rings. The fourth-order valence-electron chi connectivity index (χ4n) is 2.81. The van der Waals surface area contributed by atoms with Gasteiger partial charge in [-0.05, 0) is 25.3 Å². The van der Waals surface area contributed by atoms with Crippen molar-refractivity contribution in [2.45, 2.75) is 19.8 Å². The number of benzene rings is 1. The van der Waals surface area contributed by atoms with Gasteiger partial charge in [0.1, 0.15) is 0 Å². The predicted octanol–water partition coefficient (Wildman–Crippen LogP) is 1.08. The van der Waals surface area contributed by atoms with E-state index in [9.17, 15) is 9.59 Å². The van der Waals surface area contributed by atoms with Crippen LogP contribution in [0.3, 0.4) is 0 Å². The van der Waals surface area contributed by atoms with Gasteiger partial charge in [-0.2, -0.15) is 0 Å². The molecule has 24 heavy (non-hydrogen) atoms. The van der Waals surface area contributed by atoms with E-state index in [0.29, 0.717) is 32.7 Å². The molecule has 6 heteroatoms. The Balaban J connectivity index is 1.59. The van der Waals surface area contributed by atoms with Gasteiger partial charge in [0.15, 0.2) is 0 Å². The van der Waals surface area contributed by atoms with Crippen LogP contribution in [0.5, 0.6) is 0 Å². The van der Waals surface area contributed by atoms with Gasteiger partial charge in [-0.1, -0.05) is 30.3 Å². The summed E-state index contributed by atoms with van der Waals surface area (Å²) in [5, 5.41) is 5.79. The van der Waals surface area contributed by atoms with Crippen LogP contribution in [0, 0.1) is 0 Å². The first-order valence-electron chi connectivity index (χ1n) is 8.74. The van der Waals surface area contributed by atoms with Gasteiger partial charge in [0.25, 0.3) is 0 Å². The van der Waals surface area contributed by atoms with Crippen LogP contribution in [-0.2, 0) is 11.2 Å². The molecular weight excluding hydrogens is 304 g/mol. The summed E-state index contributed by atoms with van der Waals surface area (Å²) in [5.41, 5.74) is 1.30. The fourth-order valence-corrected chi connectivity index (χ4v) is 2.81. The molecule has 2 rings (SSSR count). The number of aryl methyl sites for hydroxylation is 1. The summed E-state index contributed by atoms with van der Waals surface area (Å²) < 4.78 is 0. The Morgan fingerprint density at radius 1 is 1.04 bits per heavy atom. The van der Waals surface area contributed by atoms with Crippen molar-refractivity contribution in [2.75, 3.05) is 45.8 Å². The minimum Gasteiger partial charge on any atom is -0.355 e. The number of hydrogen-bond donors (Lipinski definition) is 2. The number of nitrogens with zero attached hydrogens (tertiary/aromatic N) is 2. The second kappa shape index (κ2) is 9.93. The molecule has 2 N–H and O–H groups in total. The summed E-state index contributed by atoms with van der Waals surface area (Å²) in [6.45, 7) is 6.51. The Kier molecular flexibility index (Phi) is 7.55. The van der Waals surface area contributed by atoms with Crippen molar-refractivity contribution in [1.82, 2.24) is 20.4 Å². The van der Waals surface area contributed by atoms with Gasteiger partial charge in [0.2, 0.25) is 5.91 Å². The molecule has 3 amide bonds. The second-order valence-electron chi connectivity index (χ2n) is 6.04. The van der Waals surface area contributed by atoms with Crippen LogP contribution >= 0.6 is 0 Å². The standard InChI is InChI=1S/C18H28N4O2/c1-2-19-17(23)15-21-11-13-22(14-12-21)18(24)20-10-6-9-16-7-4-3-5-8-16/h3-5,7-8H,2,6,9-15H2,1H3,(H,19,23)(H,20,24). The van der Waals surface area contributed by atoms with Crippen molar-refractivity contribution in [3.05, 3.63) is 35.9 Å². The Morgan fingerprint density at radius 3 is 2.42 bits per heavy atom. The summed E-state index contributed by atoms with van der Waals surface area (Å²) in [6, 6.07) is 10.3. The predicted molar refractivity (Wildman–Crippen MR) is 94.9 cm³/mol. The van der Waals surface area contributed by atoms with E-state index in [2.05, 4.69) is 27.7 Å². The van der Waals surface area contributed by atoms with E-state index < -0.39 is 0 Å². The topological polar surface area (TPSA) is 64.7 Å². The number of hydrogen-bond acceptors (Lipinski definition) is 3. The minimum atomic E-state index is 0.000668. The first kappa shape index (κ1) is 18.3. The van der Waals surface area contributed by atoms with Crippen molar-refractivity contribution in [2.24, 2.45) is 0 Å². The van der Waals surface area contributed by atoms with Gasteiger partial charge in [-0.25, -0.2) is 4.79 Å². The highest BCUT2D eigenvalue weighted by molar-refractivity contribution is 5.78. The van der Waals surface area contributed by atoms with Gasteiger partial charge in [0, 0.05) is 39.3 Å². The molecule has 1 aliphatic heterocycles. The summed E-state index contributed by atoms with van der Waals surface area (Å²) in [5.74, 6) is 0.0521. The summed E-state index contributed by atoms with van der Waals surface area (Å²) in [4.78, 5) is 27.6. The highest BCUT2D eigenvalue weighted by atomic mass is 16.2. The third-order valence-electron chi connectivity index (χ3n) is 4.16. The number of urea groups is 1. The van der Waals surface area contributed by atoms with E-state index in [1.54, 1.807) is 0 Å². The normalized spacial score (nSPS) is 15.1. The van der Waals surface area contributed by atoms with Gasteiger partial charge in [-0.15, -0.1) is 0 Å². The molecule has 0 radical (unpaired) electrons. The van der Waals surface area contributed by atoms with E-state index in [1.807, 2.05) is 30.0 Å². The van der Waals surface area contributed by atoms with E-state index in [-0.39, 0.29) is 11.9 Å². The van der Waals surface area contributed by atoms with E-state index >= 15 is 0 Å². The first-order valence-corrected chi connectivity index (χ1v) is 8.74. The molecule has 1 fully saturated rings. The lowest BCUT2D eigenvalue weighted by atomic mass is 10.1. The van der Waals surface area contributed by atoms with Gasteiger partial charge in [-0.3, -0.25) is 9.69 Å². The molecule has 0 aromatic heterocycles. The van der Waals surface area contributed by atoms with Gasteiger partial charge >= 0.3 is 6.03 Å². The maximum atomic E-state index is 12.2. The van der Waals surface area contributed by atoms with Crippen molar-refractivity contribution in [3.8, 4) is 0 Å². The molecule has 132 valence electrons. The van der Waals surface area contributed by atoms with Crippen molar-refractivity contribution < 1.29 is 9.59 Å². The number of amides is 3. The number of nitrogens with one attached hydrogen (secondary N) is 2. The zero-order chi connectivity index (χ0) is 17.2. The van der Waals surface area contributed by atoms with Gasteiger partial charge in [0.05, 0.1) is 6.54 Å². The van der Waals surface area contributed by atoms with Crippen LogP contribution in [0.4, 0.5) is 4.79 Å². The maximum absolute atomic E-state index is 12.2. The number of piperazine rings is 1. The molecule has 1 heterocycles. The molecule has 0 spiro atoms. The van der Waals surface area contributed by atoms with Crippen LogP contribution in [0.2, 0.25) is 0 Å². The molecule has 0 atom stereocenters. The highest BCUT2D eigenvalue weighted by Crippen LogP contribution is 2.03. The molecule has 0 aliphatic carbocycles. The summed E-state index contributed by atoms with van der Waals surface area (Å²) in [6.07, 6.45) is 1.91. The monoisotopic (exact) mass is 332 g/mol. The lowest BCUT2D eigenvalue weighted by Crippen LogP contribution is -2.53. The lowest BCUT2D eigenvalue weighted by Gasteiger charge is -2.34. The minimum absolute atomic E-state index is 0.000668. The van der Waals surface area contributed by atoms with E-state index in [1.165, 1.54) is 5.56 Å². The van der Waals surface area contributed by atoms with E-state index in [4.69, 9.17) is 0 Å². The quantitative estimate of drug-likeness (QED) is 0.735. The Hall–Kier alpha value is -2.08. The first-order chi connectivity index (χ1) is 11.7. The van der Waals surface area contributed by atoms with Crippen molar-refractivity contribution in [1.29, 1.82) is 0 Å². The number of rotatable bonds is 7. The Bertz CT molecular complexity index is 513. The van der Waals surface area contributed by atoms with E-state index in [0.717, 1.165) is 25.9 Å². The molecule has 6 nitrogen and oxygen atoms in total. The van der Waals surface area contributed by atoms with Crippen LogP contribution in [-0.4, -0.2) is 67.6 Å². The smallest absolute Gasteiger partial charge is 0.317 e. The average molecular weight is 332 g/mol. The second-order valence-corrected chi connectivity index (χ2v) is 6.04. The third-order valence-corrected chi connectivity index (χ3v) is 4.16. The van der Waals surface area contributed by atoms with Gasteiger partial charge < -0.3 is 15.5 Å². The van der Waals surface area contributed by atoms with Crippen molar-refractivity contribution in [3.63, 3.8) is 0 Å². The van der Waals surface area contributed by atoms with Crippen LogP contribution < -0.4 is 10.6 Å². The zero-order valence-corrected chi connectivity index (χ0v) is 14.5. The average Bonchev–Trinajstić information content (AvgIpc) is 2.60.